The molecule has 0 saturated carbocycles. The Morgan fingerprint density at radius 2 is 1.88 bits per heavy atom. The minimum absolute atomic E-state index is 0.429. The van der Waals surface area contributed by atoms with Crippen LogP contribution in [0.25, 0.3) is 0 Å². The van der Waals surface area contributed by atoms with Gasteiger partial charge < -0.3 is 10.5 Å². The van der Waals surface area contributed by atoms with Gasteiger partial charge in [0, 0.05) is 33.3 Å². The topological polar surface area (TPSA) is 75.9 Å². The first-order valence-corrected chi connectivity index (χ1v) is 6.97. The fraction of sp³-hybridized carbons (Fsp3) is 1.00. The first-order chi connectivity index (χ1) is 7.62. The molecule has 1 aliphatic heterocycles. The third-order valence-electron chi connectivity index (χ3n) is 2.62. The summed E-state index contributed by atoms with van der Waals surface area (Å²) < 4.78 is 32.1. The van der Waals surface area contributed by atoms with Gasteiger partial charge in [0.2, 0.25) is 0 Å². The van der Waals surface area contributed by atoms with Crippen molar-refractivity contribution < 1.29 is 13.2 Å². The van der Waals surface area contributed by atoms with E-state index in [1.807, 2.05) is 0 Å². The second-order valence-corrected chi connectivity index (χ2v) is 5.72. The number of hydrogen-bond donors (Lipinski definition) is 1. The molecule has 7 heteroatoms. The highest BCUT2D eigenvalue weighted by atomic mass is 32.2. The van der Waals surface area contributed by atoms with Gasteiger partial charge in [0.15, 0.2) is 0 Å². The summed E-state index contributed by atoms with van der Waals surface area (Å²) in [6.45, 7) is 3.09. The zero-order chi connectivity index (χ0) is 12.0. The molecule has 0 radical (unpaired) electrons. The summed E-state index contributed by atoms with van der Waals surface area (Å²) in [5.74, 6) is 0. The van der Waals surface area contributed by atoms with Crippen LogP contribution in [0, 0.1) is 0 Å². The lowest BCUT2D eigenvalue weighted by molar-refractivity contribution is 0.168. The summed E-state index contributed by atoms with van der Waals surface area (Å²) >= 11 is 0. The van der Waals surface area contributed by atoms with E-state index >= 15 is 0 Å². The predicted octanol–water partition coefficient (Wildman–Crippen LogP) is -0.766. The van der Waals surface area contributed by atoms with E-state index in [4.69, 9.17) is 10.5 Å². The van der Waals surface area contributed by atoms with E-state index in [2.05, 4.69) is 0 Å². The molecular weight excluding hydrogens is 230 g/mol. The lowest BCUT2D eigenvalue weighted by atomic mass is 10.3. The summed E-state index contributed by atoms with van der Waals surface area (Å²) in [6, 6.07) is 0. The summed E-state index contributed by atoms with van der Waals surface area (Å²) in [5, 5.41) is 0. The Hall–Kier alpha value is -0.210. The molecule has 96 valence electrons. The molecule has 0 aromatic carbocycles. The van der Waals surface area contributed by atoms with E-state index < -0.39 is 10.2 Å². The molecule has 0 spiro atoms. The predicted molar refractivity (Wildman–Crippen MR) is 62.2 cm³/mol. The summed E-state index contributed by atoms with van der Waals surface area (Å²) in [7, 11) is -1.71. The Morgan fingerprint density at radius 1 is 1.25 bits per heavy atom. The zero-order valence-corrected chi connectivity index (χ0v) is 10.6. The van der Waals surface area contributed by atoms with Crippen molar-refractivity contribution >= 4 is 10.2 Å². The van der Waals surface area contributed by atoms with Crippen molar-refractivity contribution in [2.24, 2.45) is 5.73 Å². The Morgan fingerprint density at radius 3 is 2.44 bits per heavy atom. The number of nitrogens with two attached hydrogens (primary N) is 1. The Kier molecular flexibility index (Phi) is 5.63. The molecule has 1 rings (SSSR count). The van der Waals surface area contributed by atoms with Crippen LogP contribution in [0.3, 0.4) is 0 Å². The average Bonchev–Trinajstić information content (AvgIpc) is 2.25. The normalized spacial score (nSPS) is 22.4. The molecule has 0 aromatic heterocycles. The average molecular weight is 251 g/mol. The molecule has 0 amide bonds. The third-order valence-corrected chi connectivity index (χ3v) is 4.66. The van der Waals surface area contributed by atoms with Crippen molar-refractivity contribution in [3.8, 4) is 0 Å². The smallest absolute Gasteiger partial charge is 0.282 e. The molecule has 2 N–H and O–H groups in total. The molecule has 0 unspecified atom stereocenters. The lowest BCUT2D eigenvalue weighted by Gasteiger charge is -2.34. The van der Waals surface area contributed by atoms with Gasteiger partial charge in [-0.25, -0.2) is 0 Å². The molecule has 0 atom stereocenters. The molecule has 16 heavy (non-hydrogen) atoms. The van der Waals surface area contributed by atoms with Crippen molar-refractivity contribution in [3.05, 3.63) is 0 Å². The Balaban J connectivity index is 2.60. The Labute approximate surface area is 97.5 Å². The number of ether oxygens (including phenoxy) is 1. The SMILES string of the molecule is COCCN1CCCN(CCCN)S1(=O)=O. The number of nitrogens with zero attached hydrogens (tertiary/aromatic N) is 2. The quantitative estimate of drug-likeness (QED) is 0.673. The van der Waals surface area contributed by atoms with Crippen molar-refractivity contribution in [2.45, 2.75) is 12.8 Å². The van der Waals surface area contributed by atoms with Gasteiger partial charge in [0.25, 0.3) is 10.2 Å². The number of methoxy groups -OCH3 is 1. The van der Waals surface area contributed by atoms with Crippen LogP contribution in [0.5, 0.6) is 0 Å². The Bertz CT molecular complexity index is 272. The molecule has 1 fully saturated rings. The van der Waals surface area contributed by atoms with E-state index in [1.54, 1.807) is 7.11 Å². The van der Waals surface area contributed by atoms with E-state index in [1.165, 1.54) is 8.61 Å². The van der Waals surface area contributed by atoms with Gasteiger partial charge in [-0.2, -0.15) is 17.0 Å². The van der Waals surface area contributed by atoms with Crippen LogP contribution < -0.4 is 5.73 Å². The van der Waals surface area contributed by atoms with Crippen LogP contribution >= 0.6 is 0 Å². The van der Waals surface area contributed by atoms with Gasteiger partial charge in [-0.05, 0) is 19.4 Å². The van der Waals surface area contributed by atoms with Crippen LogP contribution in [0.4, 0.5) is 0 Å². The van der Waals surface area contributed by atoms with Gasteiger partial charge >= 0.3 is 0 Å². The molecule has 0 aliphatic carbocycles. The van der Waals surface area contributed by atoms with E-state index in [0.717, 1.165) is 6.42 Å². The highest BCUT2D eigenvalue weighted by Gasteiger charge is 2.32. The van der Waals surface area contributed by atoms with Gasteiger partial charge in [-0.3, -0.25) is 0 Å². The van der Waals surface area contributed by atoms with Crippen LogP contribution in [-0.2, 0) is 14.9 Å². The van der Waals surface area contributed by atoms with Crippen LogP contribution in [-0.4, -0.2) is 63.5 Å². The minimum Gasteiger partial charge on any atom is -0.383 e. The fourth-order valence-electron chi connectivity index (χ4n) is 1.73. The molecule has 6 nitrogen and oxygen atoms in total. The largest absolute Gasteiger partial charge is 0.383 e. The summed E-state index contributed by atoms with van der Waals surface area (Å²) in [6.07, 6.45) is 1.57. The van der Waals surface area contributed by atoms with Gasteiger partial charge in [-0.15, -0.1) is 0 Å². The first-order valence-electron chi connectivity index (χ1n) is 5.57. The van der Waals surface area contributed by atoms with E-state index in [9.17, 15) is 8.42 Å². The summed E-state index contributed by atoms with van der Waals surface area (Å²) in [5.41, 5.74) is 5.39. The van der Waals surface area contributed by atoms with Gasteiger partial charge in [-0.1, -0.05) is 0 Å². The maximum Gasteiger partial charge on any atom is 0.282 e. The second kappa shape index (κ2) is 6.51. The molecule has 1 saturated heterocycles. The van der Waals surface area contributed by atoms with E-state index in [0.29, 0.717) is 45.8 Å². The number of hydrogen-bond acceptors (Lipinski definition) is 4. The molecule has 1 heterocycles. The monoisotopic (exact) mass is 251 g/mol. The van der Waals surface area contributed by atoms with Gasteiger partial charge in [0.05, 0.1) is 6.61 Å². The standard InChI is InChI=1S/C9H21N3O3S/c1-15-9-8-12-7-3-6-11(5-2-4-10)16(12,13)14/h2-10H2,1H3. The van der Waals surface area contributed by atoms with Crippen molar-refractivity contribution in [3.63, 3.8) is 0 Å². The van der Waals surface area contributed by atoms with Gasteiger partial charge in [0.1, 0.15) is 0 Å². The highest BCUT2D eigenvalue weighted by molar-refractivity contribution is 7.86. The molecular formula is C9H21N3O3S. The zero-order valence-electron chi connectivity index (χ0n) is 9.76. The first kappa shape index (κ1) is 13.9. The lowest BCUT2D eigenvalue weighted by Crippen LogP contribution is -2.50. The fourth-order valence-corrected chi connectivity index (χ4v) is 3.44. The van der Waals surface area contributed by atoms with Crippen LogP contribution in [0.1, 0.15) is 12.8 Å². The minimum atomic E-state index is -3.28. The molecule has 0 aromatic rings. The number of rotatable bonds is 6. The maximum absolute atomic E-state index is 12.1. The molecule has 0 bridgehead atoms. The van der Waals surface area contributed by atoms with Crippen molar-refractivity contribution in [2.75, 3.05) is 46.4 Å². The van der Waals surface area contributed by atoms with E-state index in [-0.39, 0.29) is 0 Å². The van der Waals surface area contributed by atoms with Crippen LogP contribution in [0.15, 0.2) is 0 Å². The third kappa shape index (κ3) is 3.39. The maximum atomic E-state index is 12.1. The second-order valence-electron chi connectivity index (χ2n) is 3.79. The van der Waals surface area contributed by atoms with Crippen molar-refractivity contribution in [1.82, 2.24) is 8.61 Å². The van der Waals surface area contributed by atoms with Crippen LogP contribution in [0.2, 0.25) is 0 Å². The summed E-state index contributed by atoms with van der Waals surface area (Å²) in [4.78, 5) is 0. The van der Waals surface area contributed by atoms with Crippen molar-refractivity contribution in [1.29, 1.82) is 0 Å². The molecule has 1 aliphatic rings. The highest BCUT2D eigenvalue weighted by Crippen LogP contribution is 2.15.